The number of phenolic OH excluding ortho intramolecular Hbond substituents is 1. The molecule has 36 nitrogen and oxygen atoms in total. The summed E-state index contributed by atoms with van der Waals surface area (Å²) in [6.45, 7) is 4.27. The van der Waals surface area contributed by atoms with E-state index in [0.717, 1.165) is 31.5 Å². The number of amides is 12. The molecule has 0 unspecified atom stereocenters. The number of rotatable bonds is 29. The molecule has 0 spiro atoms. The van der Waals surface area contributed by atoms with E-state index in [1.54, 1.807) is 112 Å². The van der Waals surface area contributed by atoms with Crippen molar-refractivity contribution < 1.29 is 115 Å². The summed E-state index contributed by atoms with van der Waals surface area (Å²) < 4.78 is 45.1. The maximum Gasteiger partial charge on any atom is 0.304 e. The Morgan fingerprint density at radius 2 is 1.03 bits per heavy atom. The number of nitrogens with zero attached hydrogens (tertiary/aromatic N) is 5. The topological polar surface area (TPSA) is 553 Å². The number of Topliss-reactive ketones (excluding diaryl/α,β-unsaturated/α-hetero) is 3. The number of nitrogens with one attached hydrogen (secondary N) is 7. The number of halogens is 3. The number of hydrogen-bond acceptors (Lipinski definition) is 22. The van der Waals surface area contributed by atoms with E-state index in [1.165, 1.54) is 45.4 Å². The van der Waals surface area contributed by atoms with Gasteiger partial charge in [0.25, 0.3) is 0 Å². The third kappa shape index (κ3) is 31.0. The number of nitrogens with two attached hydrogens (primary N) is 3. The van der Waals surface area contributed by atoms with Gasteiger partial charge in [-0.2, -0.15) is 0 Å². The van der Waals surface area contributed by atoms with E-state index in [9.17, 15) is 53.6 Å². The van der Waals surface area contributed by atoms with Gasteiger partial charge in [-0.25, -0.2) is 13.2 Å². The maximum atomic E-state index is 15.7. The van der Waals surface area contributed by atoms with Crippen LogP contribution in [-0.2, 0) is 114 Å². The number of likely N-dealkylation sites (N-methyl/N-ethyl adjacent to an activating group) is 4. The lowest BCUT2D eigenvalue weighted by Gasteiger charge is -2.38. The Bertz CT molecular complexity index is 5210. The number of para-hydroxylation sites is 1. The zero-order valence-electron chi connectivity index (χ0n) is 77.2. The van der Waals surface area contributed by atoms with Crippen LogP contribution >= 0.6 is 11.8 Å². The molecule has 5 aromatic carbocycles. The second-order valence-corrected chi connectivity index (χ2v) is 36.0. The van der Waals surface area contributed by atoms with Crippen LogP contribution < -0.4 is 49.1 Å². The van der Waals surface area contributed by atoms with Gasteiger partial charge in [-0.05, 0) is 116 Å². The lowest BCUT2D eigenvalue weighted by Crippen LogP contribution is -2.61. The average molecular weight is 1910 g/mol. The molecule has 14 atom stereocenters. The molecular formula is C96H124F3N15O21S. The summed E-state index contributed by atoms with van der Waals surface area (Å²) in [7, 11) is 4.85. The van der Waals surface area contributed by atoms with E-state index in [-0.39, 0.29) is 82.2 Å². The summed E-state index contributed by atoms with van der Waals surface area (Å²) in [6, 6.07) is 11.5. The van der Waals surface area contributed by atoms with Gasteiger partial charge in [0.15, 0.2) is 29.0 Å². The minimum Gasteiger partial charge on any atom is -0.508 e. The van der Waals surface area contributed by atoms with Crippen LogP contribution in [0, 0.1) is 35.2 Å². The third-order valence-corrected chi connectivity index (χ3v) is 25.6. The Kier molecular flexibility index (Phi) is 41.6. The van der Waals surface area contributed by atoms with E-state index in [4.69, 9.17) is 17.2 Å². The van der Waals surface area contributed by atoms with Crippen LogP contribution in [0.25, 0.3) is 10.9 Å². The lowest BCUT2D eigenvalue weighted by molar-refractivity contribution is -0.152. The predicted octanol–water partition coefficient (Wildman–Crippen LogP) is 3.38. The van der Waals surface area contributed by atoms with E-state index in [2.05, 4.69) is 36.9 Å². The largest absolute Gasteiger partial charge is 0.508 e. The van der Waals surface area contributed by atoms with Gasteiger partial charge in [-0.15, -0.1) is 11.8 Å². The SMILES string of the molecule is CCCC[C@H]1C(=O)N2C[C@H](O)C[C@@H]2C(=O)C[C@@H](CC(=O)O)C(=O)C[C@@H](C(C)C)C(=O)N(C)[C@@H](Cc2ccccc2)C(=O)N[C@@H](CCCN)C(=O)N(C)[C@@H](CCC(=O)O)C(=O)N[C@@H](Cc2c[nH]c3ccccc23)C(=O)N[C@@H](Cc2ccc(O)cc2)C(=O)N[C@@H](CCCN)C(=O)N[C@H](C(=O)CCC(N)=O)CSCC(=O)N[C@@H](Cc2cc(F)c(F)c(F)c2)C(=O)N(C)[C@@H](Cc2ccccc2)C(=O)N1C. The first-order valence-electron chi connectivity index (χ1n) is 45.3. The van der Waals surface area contributed by atoms with Gasteiger partial charge in [0, 0.05) is 140 Å². The standard InChI is InChI=1S/C96H124F3N15O21S/c1-8-9-28-75-96(135)114-51-62(116)48-76(114)81(119)46-59(47-85(124)125)80(118)49-64(54(2)3)92(131)112(6)77(43-55-20-12-10-13-21-55)91(130)106-69(27-19-38-101)93(132)110(4)74(33-36-84(122)123)90(129)108-71(45-60-50-103-67-25-17-16-24-63(60)67)89(128)107-70(41-57-29-31-61(115)32-30-57)88(127)105-68(26-18-37-100)87(126)109-73(79(117)34-35-82(102)120)52-136-53-83(121)104-72(42-58-39-65(97)86(99)66(98)40-58)94(133)113(7)78(95(134)111(75)5)44-56-22-14-11-15-23-56/h10-17,20-25,29-32,39-40,50,54,59,62,64,68-78,103,115-116H,8-9,18-19,26-28,33-38,41-49,51-53,100-101H2,1-7H3,(H2,102,120)(H,104,121)(H,105,127)(H,106,130)(H,107,128)(H,108,129)(H,109,126)(H,122,123)(H,124,125)/t59-,62+,64-,68-,69-,70-,71-,72-,73-,74-,75-,76+,77-,78-/m0/s1. The van der Waals surface area contributed by atoms with E-state index in [1.807, 2.05) is 0 Å². The number of aromatic nitrogens is 1. The van der Waals surface area contributed by atoms with Crippen molar-refractivity contribution in [2.24, 2.45) is 35.0 Å². The number of fused-ring (bicyclic) bond motifs is 2. The highest BCUT2D eigenvalue weighted by Gasteiger charge is 2.47. The highest BCUT2D eigenvalue weighted by atomic mass is 32.2. The van der Waals surface area contributed by atoms with E-state index < -0.39 is 290 Å². The van der Waals surface area contributed by atoms with Crippen LogP contribution in [0.5, 0.6) is 5.75 Å². The average Bonchev–Trinajstić information content (AvgIpc) is 1.50. The molecule has 12 amide bonds. The Balaban J connectivity index is 1.26. The lowest BCUT2D eigenvalue weighted by atomic mass is 9.82. The molecule has 1 aromatic heterocycles. The van der Waals surface area contributed by atoms with Gasteiger partial charge in [0.2, 0.25) is 70.9 Å². The molecule has 40 heteroatoms. The number of carbonyl (C=O) groups excluding carboxylic acids is 15. The third-order valence-electron chi connectivity index (χ3n) is 24.6. The summed E-state index contributed by atoms with van der Waals surface area (Å²) in [4.78, 5) is 259. The predicted molar refractivity (Wildman–Crippen MR) is 495 cm³/mol. The molecule has 736 valence electrons. The van der Waals surface area contributed by atoms with Gasteiger partial charge in [-0.1, -0.05) is 125 Å². The Labute approximate surface area is 790 Å². The Hall–Kier alpha value is -13.0. The summed E-state index contributed by atoms with van der Waals surface area (Å²) in [6.07, 6.45) is -7.50. The molecule has 0 aliphatic carbocycles. The number of carboxylic acids is 2. The fourth-order valence-corrected chi connectivity index (χ4v) is 17.7. The minimum atomic E-state index is -1.90. The van der Waals surface area contributed by atoms with Crippen molar-refractivity contribution >= 4 is 123 Å². The van der Waals surface area contributed by atoms with Crippen LogP contribution in [0.15, 0.2) is 128 Å². The molecule has 0 radical (unpaired) electrons. The number of aliphatic carboxylic acids is 2. The fourth-order valence-electron chi connectivity index (χ4n) is 16.8. The molecule has 6 aromatic rings. The molecule has 2 fully saturated rings. The normalized spacial score (nSPS) is 23.6. The number of ketones is 3. The number of primary amides is 1. The fraction of sp³-hybridized carbons (Fsp3) is 0.490. The van der Waals surface area contributed by atoms with Crippen LogP contribution in [0.2, 0.25) is 0 Å². The molecule has 3 heterocycles. The zero-order valence-corrected chi connectivity index (χ0v) is 78.0. The number of phenols is 1. The number of carboxylic acid groups (broad SMARTS) is 2. The number of aromatic amines is 1. The number of aromatic hydroxyl groups is 1. The Morgan fingerprint density at radius 3 is 1.62 bits per heavy atom. The van der Waals surface area contributed by atoms with E-state index in [0.29, 0.717) is 63.5 Å². The molecule has 0 bridgehead atoms. The van der Waals surface area contributed by atoms with Crippen molar-refractivity contribution in [2.45, 2.75) is 222 Å². The van der Waals surface area contributed by atoms with Crippen LogP contribution in [0.3, 0.4) is 0 Å². The number of unbranched alkanes of at least 4 members (excludes halogenated alkanes) is 1. The number of carbonyl (C=O) groups is 17. The van der Waals surface area contributed by atoms with Crippen molar-refractivity contribution in [1.29, 1.82) is 0 Å². The maximum absolute atomic E-state index is 15.7. The molecule has 2 aliphatic rings. The summed E-state index contributed by atoms with van der Waals surface area (Å²) in [5.41, 5.74) is 19.4. The number of hydrogen-bond donors (Lipinski definition) is 14. The van der Waals surface area contributed by atoms with Gasteiger partial charge >= 0.3 is 11.9 Å². The summed E-state index contributed by atoms with van der Waals surface area (Å²) in [5, 5.41) is 59.0. The number of aliphatic hydroxyl groups excluding tert-OH is 1. The van der Waals surface area contributed by atoms with Gasteiger partial charge in [0.1, 0.15) is 65.9 Å². The van der Waals surface area contributed by atoms with E-state index >= 15 is 61.5 Å². The first-order valence-corrected chi connectivity index (χ1v) is 46.5. The number of H-pyrrole nitrogens is 1. The monoisotopic (exact) mass is 1910 g/mol. The van der Waals surface area contributed by atoms with Crippen molar-refractivity contribution in [3.8, 4) is 5.75 Å². The molecule has 17 N–H and O–H groups in total. The molecule has 2 aliphatic heterocycles. The van der Waals surface area contributed by atoms with Crippen LogP contribution in [0.1, 0.15) is 145 Å². The van der Waals surface area contributed by atoms with Crippen molar-refractivity contribution in [2.75, 3.05) is 59.3 Å². The van der Waals surface area contributed by atoms with Gasteiger partial charge < -0.3 is 99.0 Å². The summed E-state index contributed by atoms with van der Waals surface area (Å²) in [5.74, 6) is -28.1. The first kappa shape index (κ1) is 108. The number of aliphatic hydroxyl groups is 1. The molecular weight excluding hydrogens is 1790 g/mol. The quantitative estimate of drug-likeness (QED) is 0.0299. The van der Waals surface area contributed by atoms with Crippen LogP contribution in [-0.4, -0.2) is 282 Å². The van der Waals surface area contributed by atoms with Crippen LogP contribution in [0.4, 0.5) is 13.2 Å². The molecule has 136 heavy (non-hydrogen) atoms. The van der Waals surface area contributed by atoms with Crippen molar-refractivity contribution in [3.63, 3.8) is 0 Å². The molecule has 2 saturated heterocycles. The Morgan fingerprint density at radius 1 is 0.507 bits per heavy atom. The zero-order chi connectivity index (χ0) is 99.9. The highest BCUT2D eigenvalue weighted by Crippen LogP contribution is 2.32. The van der Waals surface area contributed by atoms with Gasteiger partial charge in [0.05, 0.1) is 30.4 Å². The second kappa shape index (κ2) is 52.2. The smallest absolute Gasteiger partial charge is 0.304 e. The van der Waals surface area contributed by atoms with Crippen molar-refractivity contribution in [1.82, 2.24) is 61.4 Å². The first-order chi connectivity index (χ1) is 64.6. The number of thioether (sulfide) groups is 1. The van der Waals surface area contributed by atoms with Gasteiger partial charge in [-0.3, -0.25) is 81.5 Å². The second-order valence-electron chi connectivity index (χ2n) is 34.9. The highest BCUT2D eigenvalue weighted by molar-refractivity contribution is 8.00. The summed E-state index contributed by atoms with van der Waals surface area (Å²) >= 11 is 0.671. The van der Waals surface area contributed by atoms with Crippen molar-refractivity contribution in [3.05, 3.63) is 173 Å². The molecule has 8 rings (SSSR count). The number of benzene rings is 5. The molecule has 0 saturated carbocycles. The minimum absolute atomic E-state index is 0.00894.